The molecule has 2 heterocycles. The third-order valence-corrected chi connectivity index (χ3v) is 2.00. The lowest BCUT2D eigenvalue weighted by Gasteiger charge is -2.02. The normalized spacial score (nSPS) is 11.1. The SMILES string of the molecule is CC(C)Cn1cc(-c2cc(N)no2)cn1. The largest absolute Gasteiger partial charge is 0.381 e. The summed E-state index contributed by atoms with van der Waals surface area (Å²) in [7, 11) is 0. The third-order valence-electron chi connectivity index (χ3n) is 2.00. The van der Waals surface area contributed by atoms with Crippen molar-refractivity contribution in [2.75, 3.05) is 5.73 Å². The van der Waals surface area contributed by atoms with Crippen LogP contribution in [0.5, 0.6) is 0 Å². The number of nitrogens with two attached hydrogens (primary N) is 1. The molecule has 0 unspecified atom stereocenters. The number of nitrogen functional groups attached to an aromatic ring is 1. The Balaban J connectivity index is 2.20. The number of anilines is 1. The van der Waals surface area contributed by atoms with Gasteiger partial charge in [-0.1, -0.05) is 19.0 Å². The van der Waals surface area contributed by atoms with Crippen LogP contribution in [-0.4, -0.2) is 14.9 Å². The monoisotopic (exact) mass is 206 g/mol. The van der Waals surface area contributed by atoms with Gasteiger partial charge in [-0.05, 0) is 5.92 Å². The molecule has 0 fully saturated rings. The van der Waals surface area contributed by atoms with Gasteiger partial charge in [0.2, 0.25) is 0 Å². The van der Waals surface area contributed by atoms with Gasteiger partial charge < -0.3 is 10.3 Å². The van der Waals surface area contributed by atoms with E-state index in [1.807, 2.05) is 10.9 Å². The predicted octanol–water partition coefficient (Wildman–Crippen LogP) is 1.78. The van der Waals surface area contributed by atoms with E-state index in [-0.39, 0.29) is 0 Å². The first kappa shape index (κ1) is 9.76. The Labute approximate surface area is 87.9 Å². The molecule has 2 aromatic heterocycles. The first-order chi connectivity index (χ1) is 7.15. The fourth-order valence-corrected chi connectivity index (χ4v) is 1.39. The van der Waals surface area contributed by atoms with E-state index in [2.05, 4.69) is 24.1 Å². The Bertz CT molecular complexity index is 444. The van der Waals surface area contributed by atoms with Gasteiger partial charge in [0.1, 0.15) is 0 Å². The van der Waals surface area contributed by atoms with Crippen molar-refractivity contribution in [1.29, 1.82) is 0 Å². The quantitative estimate of drug-likeness (QED) is 0.830. The molecule has 0 saturated carbocycles. The Kier molecular flexibility index (Phi) is 2.45. The molecule has 0 bridgehead atoms. The smallest absolute Gasteiger partial charge is 0.172 e. The highest BCUT2D eigenvalue weighted by Gasteiger charge is 2.07. The second kappa shape index (κ2) is 3.76. The summed E-state index contributed by atoms with van der Waals surface area (Å²) in [6.45, 7) is 5.19. The zero-order valence-corrected chi connectivity index (χ0v) is 8.84. The standard InChI is InChI=1S/C10H14N4O/c1-7(2)5-14-6-8(4-12-14)9-3-10(11)13-15-9/h3-4,6-7H,5H2,1-2H3,(H2,11,13). The lowest BCUT2D eigenvalue weighted by Crippen LogP contribution is -2.03. The van der Waals surface area contributed by atoms with Crippen LogP contribution in [-0.2, 0) is 6.54 Å². The van der Waals surface area contributed by atoms with Gasteiger partial charge in [0.25, 0.3) is 0 Å². The molecule has 0 aliphatic carbocycles. The van der Waals surface area contributed by atoms with Crippen LogP contribution in [0.25, 0.3) is 11.3 Å². The highest BCUT2D eigenvalue weighted by Crippen LogP contribution is 2.20. The molecule has 15 heavy (non-hydrogen) atoms. The zero-order chi connectivity index (χ0) is 10.8. The van der Waals surface area contributed by atoms with E-state index in [9.17, 15) is 0 Å². The van der Waals surface area contributed by atoms with E-state index < -0.39 is 0 Å². The van der Waals surface area contributed by atoms with Crippen LogP contribution in [0.3, 0.4) is 0 Å². The lowest BCUT2D eigenvalue weighted by molar-refractivity contribution is 0.435. The maximum atomic E-state index is 5.47. The van der Waals surface area contributed by atoms with Gasteiger partial charge in [-0.15, -0.1) is 0 Å². The Morgan fingerprint density at radius 2 is 2.33 bits per heavy atom. The van der Waals surface area contributed by atoms with Crippen molar-refractivity contribution in [3.05, 3.63) is 18.5 Å². The molecule has 5 nitrogen and oxygen atoms in total. The minimum Gasteiger partial charge on any atom is -0.381 e. The molecule has 0 aromatic carbocycles. The van der Waals surface area contributed by atoms with Crippen LogP contribution < -0.4 is 5.73 Å². The van der Waals surface area contributed by atoms with Crippen LogP contribution in [0.15, 0.2) is 23.0 Å². The van der Waals surface area contributed by atoms with Crippen molar-refractivity contribution < 1.29 is 4.52 Å². The maximum Gasteiger partial charge on any atom is 0.172 e. The Morgan fingerprint density at radius 3 is 2.93 bits per heavy atom. The molecule has 5 heteroatoms. The van der Waals surface area contributed by atoms with Gasteiger partial charge in [0, 0.05) is 18.8 Å². The first-order valence-electron chi connectivity index (χ1n) is 4.90. The van der Waals surface area contributed by atoms with Crippen LogP contribution >= 0.6 is 0 Å². The van der Waals surface area contributed by atoms with Crippen LogP contribution in [0.1, 0.15) is 13.8 Å². The molecule has 0 aliphatic rings. The van der Waals surface area contributed by atoms with E-state index in [1.165, 1.54) is 0 Å². The summed E-state index contributed by atoms with van der Waals surface area (Å²) in [5.74, 6) is 1.61. The molecule has 2 aromatic rings. The Hall–Kier alpha value is -1.78. The summed E-state index contributed by atoms with van der Waals surface area (Å²) in [6.07, 6.45) is 3.68. The fourth-order valence-electron chi connectivity index (χ4n) is 1.39. The summed E-state index contributed by atoms with van der Waals surface area (Å²) in [5.41, 5.74) is 6.37. The highest BCUT2D eigenvalue weighted by atomic mass is 16.5. The van der Waals surface area contributed by atoms with Crippen molar-refractivity contribution in [2.24, 2.45) is 5.92 Å². The number of hydrogen-bond acceptors (Lipinski definition) is 4. The van der Waals surface area contributed by atoms with Gasteiger partial charge in [-0.2, -0.15) is 5.10 Å². The number of rotatable bonds is 3. The van der Waals surface area contributed by atoms with Gasteiger partial charge >= 0.3 is 0 Å². The van der Waals surface area contributed by atoms with E-state index in [0.29, 0.717) is 17.5 Å². The van der Waals surface area contributed by atoms with Gasteiger partial charge in [0.15, 0.2) is 11.6 Å². The molecule has 0 atom stereocenters. The van der Waals surface area contributed by atoms with Crippen LogP contribution in [0, 0.1) is 5.92 Å². The first-order valence-corrected chi connectivity index (χ1v) is 4.90. The summed E-state index contributed by atoms with van der Waals surface area (Å²) in [6, 6.07) is 1.69. The molecule has 0 saturated heterocycles. The van der Waals surface area contributed by atoms with Crippen molar-refractivity contribution in [2.45, 2.75) is 20.4 Å². The van der Waals surface area contributed by atoms with Gasteiger partial charge in [-0.25, -0.2) is 0 Å². The van der Waals surface area contributed by atoms with Gasteiger partial charge in [0.05, 0.1) is 11.8 Å². The molecule has 2 rings (SSSR count). The summed E-state index contributed by atoms with van der Waals surface area (Å²) in [4.78, 5) is 0. The zero-order valence-electron chi connectivity index (χ0n) is 8.84. The molecule has 0 aliphatic heterocycles. The van der Waals surface area contributed by atoms with Crippen molar-refractivity contribution in [3.63, 3.8) is 0 Å². The third kappa shape index (κ3) is 2.18. The fraction of sp³-hybridized carbons (Fsp3) is 0.400. The van der Waals surface area contributed by atoms with E-state index in [0.717, 1.165) is 12.1 Å². The molecule has 0 spiro atoms. The molecular formula is C10H14N4O. The Morgan fingerprint density at radius 1 is 1.53 bits per heavy atom. The van der Waals surface area contributed by atoms with Crippen molar-refractivity contribution >= 4 is 5.82 Å². The number of aromatic nitrogens is 3. The molecule has 2 N–H and O–H groups in total. The average Bonchev–Trinajstić information content (AvgIpc) is 2.72. The van der Waals surface area contributed by atoms with E-state index in [1.54, 1.807) is 12.3 Å². The molecule has 0 radical (unpaired) electrons. The van der Waals surface area contributed by atoms with Crippen LogP contribution in [0.2, 0.25) is 0 Å². The minimum atomic E-state index is 0.390. The molecular weight excluding hydrogens is 192 g/mol. The lowest BCUT2D eigenvalue weighted by atomic mass is 10.2. The summed E-state index contributed by atoms with van der Waals surface area (Å²) < 4.78 is 6.93. The number of hydrogen-bond donors (Lipinski definition) is 1. The minimum absolute atomic E-state index is 0.390. The topological polar surface area (TPSA) is 69.9 Å². The summed E-state index contributed by atoms with van der Waals surface area (Å²) >= 11 is 0. The van der Waals surface area contributed by atoms with Crippen LogP contribution in [0.4, 0.5) is 5.82 Å². The van der Waals surface area contributed by atoms with Gasteiger partial charge in [-0.3, -0.25) is 4.68 Å². The predicted molar refractivity (Wildman–Crippen MR) is 57.0 cm³/mol. The van der Waals surface area contributed by atoms with E-state index >= 15 is 0 Å². The van der Waals surface area contributed by atoms with E-state index in [4.69, 9.17) is 10.3 Å². The second-order valence-electron chi connectivity index (χ2n) is 3.96. The average molecular weight is 206 g/mol. The van der Waals surface area contributed by atoms with Crippen molar-refractivity contribution in [1.82, 2.24) is 14.9 Å². The molecule has 0 amide bonds. The second-order valence-corrected chi connectivity index (χ2v) is 3.96. The van der Waals surface area contributed by atoms with Crippen molar-refractivity contribution in [3.8, 4) is 11.3 Å². The maximum absolute atomic E-state index is 5.47. The summed E-state index contributed by atoms with van der Waals surface area (Å²) in [5, 5.41) is 7.86. The highest BCUT2D eigenvalue weighted by molar-refractivity contribution is 5.57. The molecule has 80 valence electrons. The number of nitrogens with zero attached hydrogens (tertiary/aromatic N) is 3.